The van der Waals surface area contributed by atoms with Gasteiger partial charge in [0.15, 0.2) is 17.7 Å². The minimum Gasteiger partial charge on any atom is -0.394 e. The van der Waals surface area contributed by atoms with E-state index in [4.69, 9.17) is 10.5 Å². The molecule has 1 saturated heterocycles. The molecule has 148 valence electrons. The molecule has 0 bridgehead atoms. The van der Waals surface area contributed by atoms with Crippen LogP contribution in [0.5, 0.6) is 0 Å². The third-order valence-electron chi connectivity index (χ3n) is 4.43. The molecule has 0 saturated carbocycles. The summed E-state index contributed by atoms with van der Waals surface area (Å²) in [6.07, 6.45) is 3.02. The second kappa shape index (κ2) is 8.57. The lowest BCUT2D eigenvalue weighted by atomic mass is 10.1. The first-order chi connectivity index (χ1) is 13.1. The number of imidazole rings is 1. The van der Waals surface area contributed by atoms with Crippen molar-refractivity contribution in [3.8, 4) is 0 Å². The number of nitrogens with two attached hydrogens (primary N) is 1. The summed E-state index contributed by atoms with van der Waals surface area (Å²) in [4.78, 5) is 12.6. The normalized spacial score (nSPS) is 25.6. The second-order valence-electron chi connectivity index (χ2n) is 6.40. The van der Waals surface area contributed by atoms with Gasteiger partial charge in [-0.3, -0.25) is 4.57 Å². The van der Waals surface area contributed by atoms with Gasteiger partial charge in [0, 0.05) is 6.21 Å². The van der Waals surface area contributed by atoms with Crippen molar-refractivity contribution in [2.24, 2.45) is 5.10 Å². The molecule has 1 aliphatic rings. The number of aliphatic hydroxyl groups is 3. The Balaban J connectivity index is 1.81. The number of ether oxygens (including phenoxy) is 1. The summed E-state index contributed by atoms with van der Waals surface area (Å²) in [5.41, 5.74) is 9.34. The first kappa shape index (κ1) is 19.4. The molecular formula is C16H25N7O4. The van der Waals surface area contributed by atoms with Gasteiger partial charge < -0.3 is 25.8 Å². The summed E-state index contributed by atoms with van der Waals surface area (Å²) >= 11 is 0. The van der Waals surface area contributed by atoms with Crippen LogP contribution in [0.25, 0.3) is 11.2 Å². The number of hydrogen-bond acceptors (Lipinski definition) is 10. The summed E-state index contributed by atoms with van der Waals surface area (Å²) < 4.78 is 6.98. The van der Waals surface area contributed by atoms with E-state index in [0.29, 0.717) is 11.2 Å². The van der Waals surface area contributed by atoms with Crippen molar-refractivity contribution >= 4 is 29.1 Å². The quantitative estimate of drug-likeness (QED) is 0.241. The highest BCUT2D eigenvalue weighted by molar-refractivity contribution is 5.83. The fourth-order valence-electron chi connectivity index (χ4n) is 2.94. The van der Waals surface area contributed by atoms with Crippen LogP contribution >= 0.6 is 0 Å². The van der Waals surface area contributed by atoms with Gasteiger partial charge in [-0.15, -0.1) is 0 Å². The fourth-order valence-corrected chi connectivity index (χ4v) is 2.94. The van der Waals surface area contributed by atoms with Crippen molar-refractivity contribution in [1.29, 1.82) is 0 Å². The smallest absolute Gasteiger partial charge is 0.247 e. The first-order valence-electron chi connectivity index (χ1n) is 8.96. The van der Waals surface area contributed by atoms with Crippen LogP contribution < -0.4 is 11.2 Å². The van der Waals surface area contributed by atoms with Crippen molar-refractivity contribution in [3.63, 3.8) is 0 Å². The summed E-state index contributed by atoms with van der Waals surface area (Å²) in [5.74, 6) is 0.328. The molecule has 3 heterocycles. The van der Waals surface area contributed by atoms with Crippen LogP contribution in [-0.2, 0) is 4.74 Å². The number of unbranched alkanes of at least 4 members (excludes halogenated alkanes) is 3. The van der Waals surface area contributed by atoms with Crippen LogP contribution in [0.2, 0.25) is 0 Å². The molecule has 11 heteroatoms. The zero-order valence-corrected chi connectivity index (χ0v) is 15.1. The average molecular weight is 379 g/mol. The Bertz CT molecular complexity index is 796. The monoisotopic (exact) mass is 379 g/mol. The number of rotatable bonds is 8. The van der Waals surface area contributed by atoms with Gasteiger partial charge in [-0.25, -0.2) is 10.4 Å². The van der Waals surface area contributed by atoms with E-state index in [9.17, 15) is 15.3 Å². The van der Waals surface area contributed by atoms with Crippen molar-refractivity contribution in [3.05, 3.63) is 6.33 Å². The number of hydrazone groups is 1. The Kier molecular flexibility index (Phi) is 6.16. The van der Waals surface area contributed by atoms with Crippen molar-refractivity contribution in [2.75, 3.05) is 17.8 Å². The van der Waals surface area contributed by atoms with Crippen LogP contribution in [0, 0.1) is 0 Å². The third kappa shape index (κ3) is 4.00. The molecule has 0 aromatic carbocycles. The molecule has 2 aromatic rings. The van der Waals surface area contributed by atoms with E-state index >= 15 is 0 Å². The van der Waals surface area contributed by atoms with E-state index in [1.807, 2.05) is 0 Å². The van der Waals surface area contributed by atoms with Gasteiger partial charge in [0.05, 0.1) is 12.9 Å². The molecule has 0 spiro atoms. The Labute approximate surface area is 155 Å². The highest BCUT2D eigenvalue weighted by atomic mass is 16.6. The average Bonchev–Trinajstić information content (AvgIpc) is 3.20. The number of fused-ring (bicyclic) bond motifs is 1. The first-order valence-corrected chi connectivity index (χ1v) is 8.96. The third-order valence-corrected chi connectivity index (χ3v) is 4.43. The number of aromatic nitrogens is 4. The van der Waals surface area contributed by atoms with E-state index < -0.39 is 31.1 Å². The van der Waals surface area contributed by atoms with E-state index in [1.54, 1.807) is 6.21 Å². The molecule has 0 amide bonds. The van der Waals surface area contributed by atoms with Crippen LogP contribution in [0.3, 0.4) is 0 Å². The van der Waals surface area contributed by atoms with Gasteiger partial charge in [-0.1, -0.05) is 19.8 Å². The minimum absolute atomic E-state index is 0.147. The number of nitrogen functional groups attached to an aromatic ring is 1. The van der Waals surface area contributed by atoms with Gasteiger partial charge in [0.25, 0.3) is 0 Å². The Morgan fingerprint density at radius 2 is 2.15 bits per heavy atom. The highest BCUT2D eigenvalue weighted by Crippen LogP contribution is 2.32. The number of hydrogen-bond donors (Lipinski definition) is 5. The van der Waals surface area contributed by atoms with Gasteiger partial charge in [-0.2, -0.15) is 15.1 Å². The summed E-state index contributed by atoms with van der Waals surface area (Å²) in [6.45, 7) is 1.72. The summed E-state index contributed by atoms with van der Waals surface area (Å²) in [5, 5.41) is 33.5. The summed E-state index contributed by atoms with van der Waals surface area (Å²) in [7, 11) is 0. The maximum atomic E-state index is 10.2. The molecular weight excluding hydrogens is 354 g/mol. The van der Waals surface area contributed by atoms with Crippen LogP contribution in [0.4, 0.5) is 11.8 Å². The van der Waals surface area contributed by atoms with Crippen molar-refractivity contribution in [1.82, 2.24) is 19.5 Å². The van der Waals surface area contributed by atoms with E-state index in [1.165, 1.54) is 10.9 Å². The van der Waals surface area contributed by atoms with Crippen LogP contribution in [0.1, 0.15) is 38.8 Å². The van der Waals surface area contributed by atoms with Gasteiger partial charge in [0.1, 0.15) is 23.8 Å². The molecule has 1 aliphatic heterocycles. The molecule has 0 radical (unpaired) electrons. The number of nitrogens with zero attached hydrogens (tertiary/aromatic N) is 5. The molecule has 4 atom stereocenters. The second-order valence-corrected chi connectivity index (χ2v) is 6.40. The van der Waals surface area contributed by atoms with E-state index in [2.05, 4.69) is 32.4 Å². The molecule has 27 heavy (non-hydrogen) atoms. The summed E-state index contributed by atoms with van der Waals surface area (Å²) in [6, 6.07) is 0. The molecule has 6 N–H and O–H groups in total. The SMILES string of the molecule is CCCCCC=NNc1nc(N)c2ncn([C@@H]3O[C@H](CO)C(O)C3O)c2n1. The van der Waals surface area contributed by atoms with Crippen molar-refractivity contribution < 1.29 is 20.1 Å². The minimum atomic E-state index is -1.25. The van der Waals surface area contributed by atoms with Crippen molar-refractivity contribution in [2.45, 2.75) is 57.1 Å². The predicted octanol–water partition coefficient (Wildman–Crippen LogP) is -0.00200. The lowest BCUT2D eigenvalue weighted by Gasteiger charge is -2.16. The van der Waals surface area contributed by atoms with E-state index in [0.717, 1.165) is 25.7 Å². The van der Waals surface area contributed by atoms with Gasteiger partial charge >= 0.3 is 0 Å². The maximum Gasteiger partial charge on any atom is 0.247 e. The van der Waals surface area contributed by atoms with Crippen LogP contribution in [0.15, 0.2) is 11.4 Å². The zero-order chi connectivity index (χ0) is 19.4. The lowest BCUT2D eigenvalue weighted by Crippen LogP contribution is -2.33. The Hall–Kier alpha value is -2.34. The maximum absolute atomic E-state index is 10.2. The topological polar surface area (TPSA) is 164 Å². The number of nitrogens with one attached hydrogen (secondary N) is 1. The Morgan fingerprint density at radius 1 is 1.33 bits per heavy atom. The lowest BCUT2D eigenvalue weighted by molar-refractivity contribution is -0.0511. The standard InChI is InChI=1S/C16H25N7O4/c1-2-3-4-5-6-19-22-16-20-13(17)10-14(21-16)23(8-18-10)15-12(26)11(25)9(7-24)27-15/h6,8-9,11-12,15,24-26H,2-5,7H2,1H3,(H3,17,20,21,22)/t9-,11?,12?,15-/m1/s1. The predicted molar refractivity (Wildman–Crippen MR) is 99.0 cm³/mol. The molecule has 1 fully saturated rings. The van der Waals surface area contributed by atoms with E-state index in [-0.39, 0.29) is 11.8 Å². The molecule has 2 aromatic heterocycles. The van der Waals surface area contributed by atoms with Gasteiger partial charge in [0.2, 0.25) is 5.95 Å². The molecule has 2 unspecified atom stereocenters. The largest absolute Gasteiger partial charge is 0.394 e. The fraction of sp³-hybridized carbons (Fsp3) is 0.625. The number of anilines is 2. The molecule has 11 nitrogen and oxygen atoms in total. The zero-order valence-electron chi connectivity index (χ0n) is 15.1. The molecule has 0 aliphatic carbocycles. The number of aliphatic hydroxyl groups excluding tert-OH is 3. The van der Waals surface area contributed by atoms with Gasteiger partial charge in [-0.05, 0) is 12.8 Å². The highest BCUT2D eigenvalue weighted by Gasteiger charge is 2.44. The Morgan fingerprint density at radius 3 is 2.85 bits per heavy atom. The van der Waals surface area contributed by atoms with Crippen LogP contribution in [-0.4, -0.2) is 66.0 Å². The molecule has 3 rings (SSSR count).